The molecule has 0 radical (unpaired) electrons. The molecule has 2 aromatic carbocycles. The molecule has 0 fully saturated rings. The van der Waals surface area contributed by atoms with Gasteiger partial charge in [0.2, 0.25) is 0 Å². The molecule has 1 amide bonds. The van der Waals surface area contributed by atoms with Gasteiger partial charge in [0.25, 0.3) is 5.91 Å². The standard InChI is InChI=1S/C24H22N4O4/c1-3-19-21-16(14-7-6-10-18-15(14)11-12-25-18)8-5-9-17(21)23(31)22(28(19)27-4-2)24(32)26-13-20(29)30/h3-12,25,31H,13H2,1-2H3,(H,26,32)(H,29,30)/b19-3?,27-4-. The maximum absolute atomic E-state index is 12.8. The molecule has 8 nitrogen and oxygen atoms in total. The number of amides is 1. The molecule has 4 rings (SSSR count). The van der Waals surface area contributed by atoms with Crippen LogP contribution in [0, 0.1) is 0 Å². The van der Waals surface area contributed by atoms with Gasteiger partial charge in [-0.15, -0.1) is 0 Å². The number of carbonyl (C=O) groups excluding carboxylic acids is 1. The Morgan fingerprint density at radius 1 is 1.09 bits per heavy atom. The Balaban J connectivity index is 1.98. The zero-order valence-corrected chi connectivity index (χ0v) is 17.6. The molecule has 1 aliphatic heterocycles. The number of aliphatic hydroxyl groups excluding tert-OH is 1. The van der Waals surface area contributed by atoms with E-state index in [9.17, 15) is 14.7 Å². The van der Waals surface area contributed by atoms with E-state index in [4.69, 9.17) is 5.11 Å². The summed E-state index contributed by atoms with van der Waals surface area (Å²) in [5, 5.41) is 29.1. The first kappa shape index (κ1) is 20.9. The summed E-state index contributed by atoms with van der Waals surface area (Å²) in [6, 6.07) is 13.4. The van der Waals surface area contributed by atoms with Crippen LogP contribution in [0.3, 0.4) is 0 Å². The summed E-state index contributed by atoms with van der Waals surface area (Å²) in [6.07, 6.45) is 5.18. The van der Waals surface area contributed by atoms with Gasteiger partial charge in [0.15, 0.2) is 11.5 Å². The lowest BCUT2D eigenvalue weighted by molar-refractivity contribution is -0.137. The number of hydrogen-bond acceptors (Lipinski definition) is 5. The van der Waals surface area contributed by atoms with E-state index in [1.807, 2.05) is 55.6 Å². The van der Waals surface area contributed by atoms with Gasteiger partial charge >= 0.3 is 5.97 Å². The van der Waals surface area contributed by atoms with Crippen LogP contribution in [-0.4, -0.2) is 44.8 Å². The Morgan fingerprint density at radius 2 is 1.81 bits per heavy atom. The lowest BCUT2D eigenvalue weighted by atomic mass is 9.88. The zero-order valence-electron chi connectivity index (χ0n) is 17.6. The van der Waals surface area contributed by atoms with E-state index in [-0.39, 0.29) is 11.5 Å². The van der Waals surface area contributed by atoms with Crippen molar-refractivity contribution in [2.24, 2.45) is 5.10 Å². The van der Waals surface area contributed by atoms with Gasteiger partial charge < -0.3 is 20.5 Å². The van der Waals surface area contributed by atoms with E-state index in [0.29, 0.717) is 11.3 Å². The molecule has 1 aromatic heterocycles. The number of rotatable bonds is 5. The number of H-pyrrole nitrogens is 1. The number of carboxylic acid groups (broad SMARTS) is 1. The Bertz CT molecular complexity index is 1320. The average Bonchev–Trinajstić information content (AvgIpc) is 3.27. The Morgan fingerprint density at radius 3 is 2.53 bits per heavy atom. The molecule has 4 N–H and O–H groups in total. The van der Waals surface area contributed by atoms with Crippen molar-refractivity contribution in [2.45, 2.75) is 13.8 Å². The van der Waals surface area contributed by atoms with Crippen LogP contribution in [0.4, 0.5) is 0 Å². The van der Waals surface area contributed by atoms with E-state index in [1.54, 1.807) is 13.0 Å². The van der Waals surface area contributed by atoms with E-state index in [2.05, 4.69) is 15.4 Å². The van der Waals surface area contributed by atoms with Crippen molar-refractivity contribution in [3.8, 4) is 11.1 Å². The Hall–Kier alpha value is -4.33. The topological polar surface area (TPSA) is 118 Å². The van der Waals surface area contributed by atoms with Crippen molar-refractivity contribution in [1.82, 2.24) is 15.3 Å². The van der Waals surface area contributed by atoms with Crippen molar-refractivity contribution in [2.75, 3.05) is 6.54 Å². The molecular weight excluding hydrogens is 408 g/mol. The number of aliphatic carboxylic acids is 1. The van der Waals surface area contributed by atoms with Gasteiger partial charge in [-0.25, -0.2) is 5.01 Å². The van der Waals surface area contributed by atoms with Crippen LogP contribution >= 0.6 is 0 Å². The number of benzene rings is 2. The van der Waals surface area contributed by atoms with E-state index >= 15 is 0 Å². The third-order valence-electron chi connectivity index (χ3n) is 5.24. The van der Waals surface area contributed by atoms with Crippen LogP contribution in [0.5, 0.6) is 0 Å². The number of nitrogens with one attached hydrogen (secondary N) is 2. The molecule has 0 aliphatic carbocycles. The number of carboxylic acids is 1. The third kappa shape index (κ3) is 3.41. The first-order valence-electron chi connectivity index (χ1n) is 10.1. The molecule has 3 aromatic rings. The van der Waals surface area contributed by atoms with Gasteiger partial charge in [0.1, 0.15) is 6.54 Å². The average molecular weight is 430 g/mol. The molecule has 1 aliphatic rings. The van der Waals surface area contributed by atoms with Crippen LogP contribution in [-0.2, 0) is 9.59 Å². The molecule has 32 heavy (non-hydrogen) atoms. The zero-order chi connectivity index (χ0) is 22.8. The number of nitrogens with zero attached hydrogens (tertiary/aromatic N) is 2. The highest BCUT2D eigenvalue weighted by Gasteiger charge is 2.34. The number of hydrogen-bond donors (Lipinski definition) is 4. The summed E-state index contributed by atoms with van der Waals surface area (Å²) in [4.78, 5) is 27.0. The number of aliphatic hydroxyl groups is 1. The highest BCUT2D eigenvalue weighted by atomic mass is 16.4. The number of allylic oxidation sites excluding steroid dienone is 1. The molecule has 0 atom stereocenters. The second kappa shape index (κ2) is 8.43. The number of aromatic amines is 1. The van der Waals surface area contributed by atoms with E-state index < -0.39 is 18.4 Å². The maximum atomic E-state index is 12.8. The molecule has 2 heterocycles. The number of carbonyl (C=O) groups is 2. The summed E-state index contributed by atoms with van der Waals surface area (Å²) >= 11 is 0. The van der Waals surface area contributed by atoms with Crippen molar-refractivity contribution in [3.05, 3.63) is 71.6 Å². The van der Waals surface area contributed by atoms with Crippen LogP contribution < -0.4 is 5.32 Å². The number of fused-ring (bicyclic) bond motifs is 2. The maximum Gasteiger partial charge on any atom is 0.322 e. The molecule has 162 valence electrons. The monoisotopic (exact) mass is 430 g/mol. The van der Waals surface area contributed by atoms with Crippen molar-refractivity contribution < 1.29 is 19.8 Å². The summed E-state index contributed by atoms with van der Waals surface area (Å²) in [7, 11) is 0. The fourth-order valence-electron chi connectivity index (χ4n) is 3.97. The molecular formula is C24H22N4O4. The van der Waals surface area contributed by atoms with E-state index in [1.165, 1.54) is 11.2 Å². The predicted molar refractivity (Wildman–Crippen MR) is 124 cm³/mol. The Labute approximate surface area is 184 Å². The van der Waals surface area contributed by atoms with Gasteiger partial charge in [-0.2, -0.15) is 5.10 Å². The quantitative estimate of drug-likeness (QED) is 0.457. The minimum atomic E-state index is -1.19. The normalized spacial score (nSPS) is 14.9. The van der Waals surface area contributed by atoms with Gasteiger partial charge in [-0.05, 0) is 37.1 Å². The summed E-state index contributed by atoms with van der Waals surface area (Å²) < 4.78 is 0. The van der Waals surface area contributed by atoms with Crippen molar-refractivity contribution in [1.29, 1.82) is 0 Å². The summed E-state index contributed by atoms with van der Waals surface area (Å²) in [6.45, 7) is 2.94. The molecule has 0 saturated heterocycles. The Kier molecular flexibility index (Phi) is 5.51. The van der Waals surface area contributed by atoms with Crippen molar-refractivity contribution in [3.63, 3.8) is 0 Å². The highest BCUT2D eigenvalue weighted by molar-refractivity contribution is 6.07. The number of aromatic nitrogens is 1. The van der Waals surface area contributed by atoms with E-state index in [0.717, 1.165) is 27.6 Å². The van der Waals surface area contributed by atoms with Gasteiger partial charge in [0.05, 0.1) is 5.70 Å². The second-order valence-electron chi connectivity index (χ2n) is 7.11. The molecule has 0 spiro atoms. The van der Waals surface area contributed by atoms with Crippen LogP contribution in [0.1, 0.15) is 25.0 Å². The molecule has 8 heteroatoms. The fraction of sp³-hybridized carbons (Fsp3) is 0.125. The van der Waals surface area contributed by atoms with Crippen molar-refractivity contribution >= 4 is 40.5 Å². The van der Waals surface area contributed by atoms with Crippen LogP contribution in [0.15, 0.2) is 65.5 Å². The van der Waals surface area contributed by atoms with Gasteiger partial charge in [-0.3, -0.25) is 9.59 Å². The minimum absolute atomic E-state index is 0.137. The van der Waals surface area contributed by atoms with Gasteiger partial charge in [0, 0.05) is 34.4 Å². The highest BCUT2D eigenvalue weighted by Crippen LogP contribution is 2.44. The van der Waals surface area contributed by atoms with Crippen LogP contribution in [0.2, 0.25) is 0 Å². The summed E-state index contributed by atoms with van der Waals surface area (Å²) in [5.41, 5.74) is 4.46. The number of hydrazone groups is 1. The SMILES string of the molecule is CC=C1c2c(cccc2-c2cccc3[nH]ccc23)C(O)=C(C(=O)NCC(=O)O)N1/N=C\C. The smallest absolute Gasteiger partial charge is 0.322 e. The second-order valence-corrected chi connectivity index (χ2v) is 7.11. The first-order chi connectivity index (χ1) is 15.5. The molecule has 0 saturated carbocycles. The lowest BCUT2D eigenvalue weighted by Gasteiger charge is -2.32. The minimum Gasteiger partial charge on any atom is -0.505 e. The fourth-order valence-corrected chi connectivity index (χ4v) is 3.97. The first-order valence-corrected chi connectivity index (χ1v) is 10.1. The lowest BCUT2D eigenvalue weighted by Crippen LogP contribution is -2.37. The largest absolute Gasteiger partial charge is 0.505 e. The van der Waals surface area contributed by atoms with Crippen LogP contribution in [0.25, 0.3) is 33.5 Å². The third-order valence-corrected chi connectivity index (χ3v) is 5.24. The summed E-state index contributed by atoms with van der Waals surface area (Å²) in [5.74, 6) is -2.20. The van der Waals surface area contributed by atoms with Gasteiger partial charge in [-0.1, -0.05) is 36.4 Å². The molecule has 0 unspecified atom stereocenters. The predicted octanol–water partition coefficient (Wildman–Crippen LogP) is 3.94. The molecule has 0 bridgehead atoms.